The number of ether oxygens (including phenoxy) is 2. The zero-order chi connectivity index (χ0) is 38.1. The number of anilines is 1. The number of halogens is 3. The molecule has 5 rings (SSSR count). The highest BCUT2D eigenvalue weighted by atomic mass is 32.2. The summed E-state index contributed by atoms with van der Waals surface area (Å²) >= 11 is 0. The van der Waals surface area contributed by atoms with E-state index in [-0.39, 0.29) is 54.2 Å². The first-order valence-corrected chi connectivity index (χ1v) is 18.5. The van der Waals surface area contributed by atoms with Gasteiger partial charge in [0.2, 0.25) is 11.8 Å². The summed E-state index contributed by atoms with van der Waals surface area (Å²) in [5.74, 6) is -1.76. The Kier molecular flexibility index (Phi) is 11.1. The average molecular weight is 748 g/mol. The third-order valence-electron chi connectivity index (χ3n) is 9.20. The van der Waals surface area contributed by atoms with Gasteiger partial charge in [0.25, 0.3) is 10.0 Å². The summed E-state index contributed by atoms with van der Waals surface area (Å²) in [6.07, 6.45) is -4.08. The molecular formula is C36H44F3N5O7S. The molecule has 12 nitrogen and oxygen atoms in total. The van der Waals surface area contributed by atoms with Gasteiger partial charge in [-0.1, -0.05) is 24.3 Å². The number of hydrogen-bond donors (Lipinski definition) is 3. The van der Waals surface area contributed by atoms with Gasteiger partial charge >= 0.3 is 18.2 Å². The minimum atomic E-state index is -4.40. The maximum Gasteiger partial charge on any atom is 0.410 e. The highest BCUT2D eigenvalue weighted by Crippen LogP contribution is 2.60. The van der Waals surface area contributed by atoms with Crippen LogP contribution >= 0.6 is 0 Å². The second kappa shape index (κ2) is 14.9. The van der Waals surface area contributed by atoms with E-state index in [4.69, 9.17) is 9.47 Å². The van der Waals surface area contributed by atoms with Crippen LogP contribution in [0.15, 0.2) is 53.4 Å². The maximum atomic E-state index is 14.2. The van der Waals surface area contributed by atoms with E-state index in [2.05, 4.69) is 20.0 Å². The van der Waals surface area contributed by atoms with Gasteiger partial charge < -0.3 is 24.8 Å². The predicted molar refractivity (Wildman–Crippen MR) is 187 cm³/mol. The summed E-state index contributed by atoms with van der Waals surface area (Å²) in [7, 11) is -4.38. The second-order valence-corrected chi connectivity index (χ2v) is 16.2. The first-order chi connectivity index (χ1) is 24.2. The Balaban J connectivity index is 1.40. The molecule has 0 radical (unpaired) electrons. The Bertz CT molecular complexity index is 1880. The van der Waals surface area contributed by atoms with Gasteiger partial charge in [0, 0.05) is 36.8 Å². The van der Waals surface area contributed by atoms with E-state index in [1.165, 1.54) is 24.3 Å². The van der Waals surface area contributed by atoms with Crippen LogP contribution in [0.25, 0.3) is 11.3 Å². The van der Waals surface area contributed by atoms with Gasteiger partial charge in [-0.15, -0.1) is 0 Å². The molecule has 282 valence electrons. The van der Waals surface area contributed by atoms with Gasteiger partial charge in [0.05, 0.1) is 21.6 Å². The minimum Gasteiger partial charge on any atom is -0.478 e. The van der Waals surface area contributed by atoms with Gasteiger partial charge in [-0.25, -0.2) is 27.7 Å². The molecule has 1 amide bonds. The highest BCUT2D eigenvalue weighted by molar-refractivity contribution is 7.92. The quantitative estimate of drug-likeness (QED) is 0.181. The Morgan fingerprint density at radius 2 is 1.65 bits per heavy atom. The third-order valence-corrected chi connectivity index (χ3v) is 10.5. The molecular weight excluding hydrogens is 703 g/mol. The number of carboxylic acid groups (broad SMARTS) is 1. The van der Waals surface area contributed by atoms with E-state index in [0.29, 0.717) is 37.2 Å². The molecule has 0 unspecified atom stereocenters. The molecule has 2 aliphatic rings. The van der Waals surface area contributed by atoms with Crippen molar-refractivity contribution in [1.29, 1.82) is 0 Å². The number of carbonyl (C=O) groups excluding carboxylic acids is 1. The smallest absolute Gasteiger partial charge is 0.410 e. The van der Waals surface area contributed by atoms with E-state index in [0.717, 1.165) is 17.2 Å². The molecule has 0 bridgehead atoms. The van der Waals surface area contributed by atoms with Crippen LogP contribution in [0.1, 0.15) is 74.4 Å². The summed E-state index contributed by atoms with van der Waals surface area (Å²) in [6, 6.07) is 10.9. The topological polar surface area (TPSA) is 160 Å². The molecule has 1 aliphatic carbocycles. The summed E-state index contributed by atoms with van der Waals surface area (Å²) in [5.41, 5.74) is -0.0934. The van der Waals surface area contributed by atoms with Crippen molar-refractivity contribution in [3.63, 3.8) is 0 Å². The van der Waals surface area contributed by atoms with Crippen molar-refractivity contribution in [2.24, 2.45) is 5.41 Å². The number of piperidine rings is 1. The Morgan fingerprint density at radius 3 is 2.23 bits per heavy atom. The zero-order valence-corrected chi connectivity index (χ0v) is 30.5. The first-order valence-electron chi connectivity index (χ1n) is 17.0. The largest absolute Gasteiger partial charge is 0.478 e. The molecule has 1 aliphatic heterocycles. The standard InChI is InChI=1S/C36H44F3N5O7S/c1-22-8-6-9-23(2)30(22)28-19-29(42-32(41-28)43-52(48,49)27-11-7-10-24(18-27)31(45)46)50-21-26(20-35(14-15-35)36(37,38)39)40-25-12-16-44(17-13-25)33(47)51-34(3,4)5/h6-11,18-19,25-26,40H,12-17,20-21H2,1-5H3,(H,45,46)(H,41,42,43)/t26-/m1/s1. The normalized spacial score (nSPS) is 17.0. The molecule has 3 N–H and O–H groups in total. The first kappa shape index (κ1) is 38.8. The lowest BCUT2D eigenvalue weighted by Gasteiger charge is -2.36. The number of aromatic nitrogens is 2. The van der Waals surface area contributed by atoms with E-state index in [1.807, 2.05) is 32.0 Å². The van der Waals surface area contributed by atoms with Crippen molar-refractivity contribution < 1.29 is 45.8 Å². The summed E-state index contributed by atoms with van der Waals surface area (Å²) in [5, 5.41) is 12.7. The maximum absolute atomic E-state index is 14.2. The average Bonchev–Trinajstić information content (AvgIpc) is 3.84. The molecule has 52 heavy (non-hydrogen) atoms. The zero-order valence-electron chi connectivity index (χ0n) is 29.7. The number of benzene rings is 2. The predicted octanol–water partition coefficient (Wildman–Crippen LogP) is 6.73. The Hall–Kier alpha value is -4.44. The lowest BCUT2D eigenvalue weighted by molar-refractivity contribution is -0.191. The van der Waals surface area contributed by atoms with Crippen LogP contribution in [0, 0.1) is 19.3 Å². The molecule has 2 heterocycles. The summed E-state index contributed by atoms with van der Waals surface area (Å²) < 4.78 is 83.1. The van der Waals surface area contributed by atoms with Gasteiger partial charge in [0.1, 0.15) is 12.2 Å². The summed E-state index contributed by atoms with van der Waals surface area (Å²) in [6.45, 7) is 9.55. The van der Waals surface area contributed by atoms with E-state index in [1.54, 1.807) is 25.7 Å². The number of likely N-dealkylation sites (tertiary alicyclic amines) is 1. The van der Waals surface area contributed by atoms with Gasteiger partial charge in [0.15, 0.2) is 0 Å². The molecule has 1 aromatic heterocycles. The minimum absolute atomic E-state index is 0.00495. The fourth-order valence-corrected chi connectivity index (χ4v) is 7.32. The number of nitrogens with one attached hydrogen (secondary N) is 2. The third kappa shape index (κ3) is 9.50. The molecule has 0 spiro atoms. The number of nitrogens with zero attached hydrogens (tertiary/aromatic N) is 3. The lowest BCUT2D eigenvalue weighted by atomic mass is 9.94. The SMILES string of the molecule is Cc1cccc(C)c1-c1cc(OC[C@@H](CC2(C(F)(F)F)CC2)NC2CCN(C(=O)OC(C)(C)C)CC2)nc(NS(=O)(=O)c2cccc(C(=O)O)c2)n1. The monoisotopic (exact) mass is 747 g/mol. The van der Waals surface area contributed by atoms with Crippen molar-refractivity contribution in [2.45, 2.75) is 95.5 Å². The number of aromatic carboxylic acids is 1. The number of sulfonamides is 1. The molecule has 2 aromatic carbocycles. The molecule has 3 aromatic rings. The summed E-state index contributed by atoms with van der Waals surface area (Å²) in [4.78, 5) is 34.1. The van der Waals surface area contributed by atoms with Crippen LogP contribution in [0.2, 0.25) is 0 Å². The van der Waals surface area contributed by atoms with E-state index < -0.39 is 45.3 Å². The van der Waals surface area contributed by atoms with Gasteiger partial charge in [-0.05, 0) is 96.0 Å². The molecule has 1 atom stereocenters. The van der Waals surface area contributed by atoms with Crippen molar-refractivity contribution in [2.75, 3.05) is 24.4 Å². The van der Waals surface area contributed by atoms with Crippen molar-refractivity contribution in [3.05, 3.63) is 65.2 Å². The van der Waals surface area contributed by atoms with Crippen LogP contribution in [-0.4, -0.2) is 84.0 Å². The van der Waals surface area contributed by atoms with Crippen LogP contribution in [-0.2, 0) is 14.8 Å². The molecule has 1 saturated carbocycles. The number of carbonyl (C=O) groups is 2. The van der Waals surface area contributed by atoms with Crippen LogP contribution in [0.5, 0.6) is 5.88 Å². The molecule has 16 heteroatoms. The Morgan fingerprint density at radius 1 is 1.02 bits per heavy atom. The fraction of sp³-hybridized carbons (Fsp3) is 0.500. The molecule has 2 fully saturated rings. The lowest BCUT2D eigenvalue weighted by Crippen LogP contribution is -2.51. The molecule has 1 saturated heterocycles. The van der Waals surface area contributed by atoms with Crippen LogP contribution < -0.4 is 14.8 Å². The Labute approximate surface area is 301 Å². The highest BCUT2D eigenvalue weighted by Gasteiger charge is 2.63. The van der Waals surface area contributed by atoms with Crippen LogP contribution in [0.4, 0.5) is 23.9 Å². The number of carboxylic acids is 1. The number of alkyl halides is 3. The van der Waals surface area contributed by atoms with Crippen molar-refractivity contribution in [3.8, 4) is 17.1 Å². The fourth-order valence-electron chi connectivity index (χ4n) is 6.33. The van der Waals surface area contributed by atoms with E-state index >= 15 is 0 Å². The van der Waals surface area contributed by atoms with Crippen LogP contribution in [0.3, 0.4) is 0 Å². The number of amides is 1. The second-order valence-electron chi connectivity index (χ2n) is 14.5. The number of rotatable bonds is 12. The van der Waals surface area contributed by atoms with Gasteiger partial charge in [-0.3, -0.25) is 0 Å². The van der Waals surface area contributed by atoms with Crippen molar-refractivity contribution >= 4 is 28.0 Å². The van der Waals surface area contributed by atoms with Crippen molar-refractivity contribution in [1.82, 2.24) is 20.2 Å². The number of hydrogen-bond acceptors (Lipinski definition) is 9. The van der Waals surface area contributed by atoms with E-state index in [9.17, 15) is 36.3 Å². The number of aryl methyl sites for hydroxylation is 2. The van der Waals surface area contributed by atoms with Gasteiger partial charge in [-0.2, -0.15) is 18.2 Å².